The van der Waals surface area contributed by atoms with Gasteiger partial charge in [-0.1, -0.05) is 46.9 Å². The minimum absolute atomic E-state index is 0.0933. The maximum atomic E-state index is 11.5. The van der Waals surface area contributed by atoms with E-state index >= 15 is 0 Å². The van der Waals surface area contributed by atoms with Crippen LogP contribution in [0, 0.1) is 0 Å². The van der Waals surface area contributed by atoms with E-state index in [2.05, 4.69) is 30.4 Å². The number of carbonyl (C=O) groups excluding carboxylic acids is 1. The van der Waals surface area contributed by atoms with Gasteiger partial charge in [-0.15, -0.1) is 19.8 Å². The predicted octanol–water partition coefficient (Wildman–Crippen LogP) is 3.63. The van der Waals surface area contributed by atoms with Crippen LogP contribution in [0.2, 0.25) is 0 Å². The van der Waals surface area contributed by atoms with Crippen LogP contribution >= 0.6 is 22.7 Å². The summed E-state index contributed by atoms with van der Waals surface area (Å²) in [6, 6.07) is 15.4. The average molecular weight is 521 g/mol. The Morgan fingerprint density at radius 3 is 1.81 bits per heavy atom. The zero-order chi connectivity index (χ0) is 25.1. The lowest BCUT2D eigenvalue weighted by atomic mass is 10.3. The largest absolute Gasteiger partial charge is 0.476 e. The summed E-state index contributed by atoms with van der Waals surface area (Å²) in [5.74, 6) is -1.58. The van der Waals surface area contributed by atoms with Crippen LogP contribution in [0.3, 0.4) is 0 Å². The van der Waals surface area contributed by atoms with Crippen molar-refractivity contribution in [3.05, 3.63) is 72.3 Å². The lowest BCUT2D eigenvalue weighted by Crippen LogP contribution is -2.06. The molecule has 0 atom stereocenters. The number of rotatable bonds is 5. The fraction of sp³-hybridized carbons (Fsp3) is 0.0909. The van der Waals surface area contributed by atoms with Crippen molar-refractivity contribution in [3.63, 3.8) is 0 Å². The molecule has 0 saturated heterocycles. The van der Waals surface area contributed by atoms with E-state index in [1.165, 1.54) is 44.7 Å². The lowest BCUT2D eigenvalue weighted by Gasteiger charge is -1.95. The number of nitrogens with zero attached hydrogens (tertiary/aromatic N) is 8. The summed E-state index contributed by atoms with van der Waals surface area (Å²) < 4.78 is 6.92. The van der Waals surface area contributed by atoms with Gasteiger partial charge in [0.15, 0.2) is 11.4 Å². The Balaban J connectivity index is 0.000000149. The maximum Gasteiger partial charge on any atom is 0.360 e. The summed E-state index contributed by atoms with van der Waals surface area (Å²) in [6.45, 7) is 2.06. The molecular formula is C22H16N8O4S2. The molecule has 1 N–H and O–H groups in total. The van der Waals surface area contributed by atoms with Gasteiger partial charge in [0.05, 0.1) is 39.4 Å². The first-order chi connectivity index (χ1) is 17.5. The molecule has 4 aromatic heterocycles. The standard InChI is InChI=1S/C12H10N4O2S.C10H6N4O2S/c1-2-18-11(17)9-7-13-16(15-9)12-14-8-5-3-4-6-10(8)19-12;15-9(16)7-5-11-14(13-7)10-12-6-3-1-2-4-8(6)17-10/h3-7H,2H2,1H3;1-5H,(H,15,16). The molecule has 36 heavy (non-hydrogen) atoms. The number of aromatic carboxylic acids is 1. The molecule has 0 aliphatic heterocycles. The third-order valence-electron chi connectivity index (χ3n) is 4.59. The molecule has 4 heterocycles. The molecule has 14 heteroatoms. The Bertz CT molecular complexity index is 1620. The number of para-hydroxylation sites is 2. The van der Waals surface area contributed by atoms with Crippen molar-refractivity contribution in [1.82, 2.24) is 40.0 Å². The fourth-order valence-electron chi connectivity index (χ4n) is 3.00. The molecule has 6 rings (SSSR count). The van der Waals surface area contributed by atoms with Gasteiger partial charge < -0.3 is 9.84 Å². The van der Waals surface area contributed by atoms with Gasteiger partial charge in [0, 0.05) is 0 Å². The Labute approximate surface area is 210 Å². The van der Waals surface area contributed by atoms with Gasteiger partial charge in [-0.05, 0) is 31.2 Å². The Morgan fingerprint density at radius 1 is 0.833 bits per heavy atom. The lowest BCUT2D eigenvalue weighted by molar-refractivity contribution is 0.0518. The molecule has 0 radical (unpaired) electrons. The summed E-state index contributed by atoms with van der Waals surface area (Å²) in [6.07, 6.45) is 2.58. The van der Waals surface area contributed by atoms with Crippen LogP contribution in [0.25, 0.3) is 30.7 Å². The number of thiazole rings is 2. The topological polar surface area (TPSA) is 151 Å². The van der Waals surface area contributed by atoms with Crippen LogP contribution < -0.4 is 0 Å². The summed E-state index contributed by atoms with van der Waals surface area (Å²) in [5, 5.41) is 25.7. The highest BCUT2D eigenvalue weighted by atomic mass is 32.1. The molecule has 0 spiro atoms. The van der Waals surface area contributed by atoms with E-state index in [0.717, 1.165) is 20.4 Å². The second-order valence-corrected chi connectivity index (χ2v) is 9.01. The molecule has 0 unspecified atom stereocenters. The van der Waals surface area contributed by atoms with Crippen molar-refractivity contribution in [2.24, 2.45) is 0 Å². The highest BCUT2D eigenvalue weighted by Gasteiger charge is 2.14. The van der Waals surface area contributed by atoms with Crippen LogP contribution in [0.4, 0.5) is 0 Å². The molecular weight excluding hydrogens is 504 g/mol. The molecule has 0 bridgehead atoms. The minimum atomic E-state index is -1.10. The quantitative estimate of drug-likeness (QED) is 0.334. The molecule has 180 valence electrons. The van der Waals surface area contributed by atoms with Gasteiger partial charge >= 0.3 is 11.9 Å². The Hall–Kier alpha value is -4.56. The second kappa shape index (κ2) is 9.97. The molecule has 0 saturated carbocycles. The van der Waals surface area contributed by atoms with Crippen LogP contribution in [0.15, 0.2) is 60.9 Å². The molecule has 0 aliphatic rings. The highest BCUT2D eigenvalue weighted by molar-refractivity contribution is 7.21. The van der Waals surface area contributed by atoms with Gasteiger partial charge in [-0.2, -0.15) is 10.2 Å². The van der Waals surface area contributed by atoms with Gasteiger partial charge in [0.25, 0.3) is 0 Å². The van der Waals surface area contributed by atoms with Crippen LogP contribution in [-0.2, 0) is 4.74 Å². The van der Waals surface area contributed by atoms with E-state index in [1.807, 2.05) is 48.5 Å². The predicted molar refractivity (Wildman–Crippen MR) is 132 cm³/mol. The molecule has 0 amide bonds. The van der Waals surface area contributed by atoms with Gasteiger partial charge in [-0.3, -0.25) is 0 Å². The fourth-order valence-corrected chi connectivity index (χ4v) is 4.75. The van der Waals surface area contributed by atoms with Crippen molar-refractivity contribution in [1.29, 1.82) is 0 Å². The summed E-state index contributed by atoms with van der Waals surface area (Å²) in [4.78, 5) is 33.5. The van der Waals surface area contributed by atoms with Gasteiger partial charge in [0.2, 0.25) is 10.3 Å². The van der Waals surface area contributed by atoms with Crippen molar-refractivity contribution in [2.75, 3.05) is 6.61 Å². The SMILES string of the molecule is CCOC(=O)c1cnn(-c2nc3ccccc3s2)n1.O=C(O)c1cnn(-c2nc3ccccc3s2)n1. The third kappa shape index (κ3) is 4.80. The molecule has 0 aliphatic carbocycles. The second-order valence-electron chi connectivity index (χ2n) is 6.99. The summed E-state index contributed by atoms with van der Waals surface area (Å²) in [7, 11) is 0. The van der Waals surface area contributed by atoms with Crippen LogP contribution in [-0.4, -0.2) is 63.6 Å². The highest BCUT2D eigenvalue weighted by Crippen LogP contribution is 2.24. The number of aromatic nitrogens is 8. The van der Waals surface area contributed by atoms with Crippen molar-refractivity contribution >= 4 is 55.0 Å². The molecule has 0 fully saturated rings. The van der Waals surface area contributed by atoms with E-state index in [4.69, 9.17) is 9.84 Å². The average Bonchev–Trinajstić information content (AvgIpc) is 3.67. The molecule has 6 aromatic rings. The number of ether oxygens (including phenoxy) is 1. The maximum absolute atomic E-state index is 11.5. The molecule has 2 aromatic carbocycles. The number of hydrogen-bond donors (Lipinski definition) is 1. The first-order valence-electron chi connectivity index (χ1n) is 10.5. The van der Waals surface area contributed by atoms with E-state index in [1.54, 1.807) is 6.92 Å². The minimum Gasteiger partial charge on any atom is -0.476 e. The van der Waals surface area contributed by atoms with Gasteiger partial charge in [-0.25, -0.2) is 19.6 Å². The first kappa shape index (κ1) is 23.2. The Kier molecular flexibility index (Phi) is 6.42. The number of benzene rings is 2. The van der Waals surface area contributed by atoms with Crippen LogP contribution in [0.5, 0.6) is 0 Å². The van der Waals surface area contributed by atoms with Crippen molar-refractivity contribution < 1.29 is 19.4 Å². The monoisotopic (exact) mass is 520 g/mol. The zero-order valence-electron chi connectivity index (χ0n) is 18.5. The molecule has 12 nitrogen and oxygen atoms in total. The number of carboxylic acids is 1. The zero-order valence-corrected chi connectivity index (χ0v) is 20.2. The Morgan fingerprint density at radius 2 is 1.33 bits per heavy atom. The number of hydrogen-bond acceptors (Lipinski definition) is 11. The number of carboxylic acid groups (broad SMARTS) is 1. The van der Waals surface area contributed by atoms with E-state index < -0.39 is 11.9 Å². The van der Waals surface area contributed by atoms with Crippen molar-refractivity contribution in [2.45, 2.75) is 6.92 Å². The number of esters is 1. The normalized spacial score (nSPS) is 10.8. The van der Waals surface area contributed by atoms with E-state index in [0.29, 0.717) is 16.9 Å². The van der Waals surface area contributed by atoms with Crippen LogP contribution in [0.1, 0.15) is 27.9 Å². The number of fused-ring (bicyclic) bond motifs is 2. The van der Waals surface area contributed by atoms with Crippen molar-refractivity contribution in [3.8, 4) is 10.3 Å². The van der Waals surface area contributed by atoms with E-state index in [-0.39, 0.29) is 11.4 Å². The first-order valence-corrected chi connectivity index (χ1v) is 12.1. The van der Waals surface area contributed by atoms with Gasteiger partial charge in [0.1, 0.15) is 0 Å². The summed E-state index contributed by atoms with van der Waals surface area (Å²) >= 11 is 2.87. The summed E-state index contributed by atoms with van der Waals surface area (Å²) in [5.41, 5.74) is 1.82. The number of carbonyl (C=O) groups is 2. The third-order valence-corrected chi connectivity index (χ3v) is 6.60. The van der Waals surface area contributed by atoms with E-state index in [9.17, 15) is 9.59 Å². The smallest absolute Gasteiger partial charge is 0.360 e.